The number of hydrogen-bond acceptors (Lipinski definition) is 2. The predicted octanol–water partition coefficient (Wildman–Crippen LogP) is 2.89. The third-order valence-electron chi connectivity index (χ3n) is 3.66. The van der Waals surface area contributed by atoms with Gasteiger partial charge in [0.1, 0.15) is 0 Å². The topological polar surface area (TPSA) is 29.3 Å². The highest BCUT2D eigenvalue weighted by Gasteiger charge is 2.48. The SMILES string of the molecule is Nc1ccc(N2CCC3CC32)c(C(F)(F)F)c1. The van der Waals surface area contributed by atoms with Crippen LogP contribution in [0.15, 0.2) is 18.2 Å². The van der Waals surface area contributed by atoms with Crippen LogP contribution in [0.5, 0.6) is 0 Å². The molecule has 2 unspecified atom stereocenters. The van der Waals surface area contributed by atoms with E-state index in [2.05, 4.69) is 0 Å². The zero-order chi connectivity index (χ0) is 12.2. The molecule has 17 heavy (non-hydrogen) atoms. The zero-order valence-corrected chi connectivity index (χ0v) is 9.17. The van der Waals surface area contributed by atoms with Gasteiger partial charge < -0.3 is 10.6 Å². The number of nitrogen functional groups attached to an aromatic ring is 1. The van der Waals surface area contributed by atoms with E-state index >= 15 is 0 Å². The Balaban J connectivity index is 2.03. The van der Waals surface area contributed by atoms with Gasteiger partial charge in [-0.3, -0.25) is 0 Å². The van der Waals surface area contributed by atoms with Crippen LogP contribution in [0.2, 0.25) is 0 Å². The number of rotatable bonds is 1. The van der Waals surface area contributed by atoms with Gasteiger partial charge in [0.15, 0.2) is 0 Å². The number of halogens is 3. The van der Waals surface area contributed by atoms with Gasteiger partial charge >= 0.3 is 6.18 Å². The van der Waals surface area contributed by atoms with E-state index in [1.165, 1.54) is 6.07 Å². The van der Waals surface area contributed by atoms with Crippen molar-refractivity contribution in [3.63, 3.8) is 0 Å². The number of alkyl halides is 3. The summed E-state index contributed by atoms with van der Waals surface area (Å²) in [5.41, 5.74) is 5.29. The van der Waals surface area contributed by atoms with Gasteiger partial charge in [-0.25, -0.2) is 0 Å². The zero-order valence-electron chi connectivity index (χ0n) is 9.17. The number of piperidine rings is 1. The molecule has 3 rings (SSSR count). The van der Waals surface area contributed by atoms with Crippen molar-refractivity contribution in [1.82, 2.24) is 0 Å². The largest absolute Gasteiger partial charge is 0.418 e. The summed E-state index contributed by atoms with van der Waals surface area (Å²) in [6, 6.07) is 4.39. The Bertz CT molecular complexity index is 456. The Kier molecular flexibility index (Phi) is 2.09. The molecule has 0 bridgehead atoms. The number of anilines is 2. The minimum Gasteiger partial charge on any atom is -0.399 e. The molecule has 0 radical (unpaired) electrons. The molecular weight excluding hydrogens is 229 g/mol. The van der Waals surface area contributed by atoms with Gasteiger partial charge in [-0.15, -0.1) is 0 Å². The normalized spacial score (nSPS) is 27.1. The van der Waals surface area contributed by atoms with Crippen LogP contribution in [0, 0.1) is 5.92 Å². The number of fused-ring (bicyclic) bond motifs is 1. The van der Waals surface area contributed by atoms with Gasteiger partial charge in [0, 0.05) is 24.0 Å². The van der Waals surface area contributed by atoms with E-state index < -0.39 is 11.7 Å². The molecule has 92 valence electrons. The van der Waals surface area contributed by atoms with Gasteiger partial charge in [-0.2, -0.15) is 13.2 Å². The van der Waals surface area contributed by atoms with Crippen LogP contribution in [-0.2, 0) is 6.18 Å². The average Bonchev–Trinajstić information content (AvgIpc) is 2.90. The van der Waals surface area contributed by atoms with Crippen LogP contribution in [0.3, 0.4) is 0 Å². The van der Waals surface area contributed by atoms with E-state index in [1.807, 2.05) is 4.90 Å². The Labute approximate surface area is 97.2 Å². The van der Waals surface area contributed by atoms with E-state index in [-0.39, 0.29) is 11.4 Å². The molecule has 1 saturated carbocycles. The Morgan fingerprint density at radius 3 is 2.59 bits per heavy atom. The highest BCUT2D eigenvalue weighted by atomic mass is 19.4. The van der Waals surface area contributed by atoms with E-state index in [0.29, 0.717) is 12.0 Å². The number of benzene rings is 1. The first-order valence-electron chi connectivity index (χ1n) is 5.70. The monoisotopic (exact) mass is 242 g/mol. The third-order valence-corrected chi connectivity index (χ3v) is 3.66. The van der Waals surface area contributed by atoms with Crippen molar-refractivity contribution in [3.05, 3.63) is 23.8 Å². The van der Waals surface area contributed by atoms with Gasteiger partial charge in [-0.05, 0) is 37.0 Å². The van der Waals surface area contributed by atoms with Crippen molar-refractivity contribution < 1.29 is 13.2 Å². The van der Waals surface area contributed by atoms with Crippen LogP contribution in [0.4, 0.5) is 24.5 Å². The Morgan fingerprint density at radius 1 is 1.29 bits per heavy atom. The summed E-state index contributed by atoms with van der Waals surface area (Å²) in [5.74, 6) is 0.605. The molecule has 2 aliphatic rings. The van der Waals surface area contributed by atoms with E-state index in [9.17, 15) is 13.2 Å². The summed E-state index contributed by atoms with van der Waals surface area (Å²) in [6.45, 7) is 0.725. The maximum atomic E-state index is 12.9. The lowest BCUT2D eigenvalue weighted by molar-refractivity contribution is -0.137. The Hall–Kier alpha value is -1.39. The lowest BCUT2D eigenvalue weighted by Gasteiger charge is -2.24. The van der Waals surface area contributed by atoms with Crippen molar-refractivity contribution in [2.45, 2.75) is 25.1 Å². The van der Waals surface area contributed by atoms with Crippen LogP contribution >= 0.6 is 0 Å². The van der Waals surface area contributed by atoms with Crippen molar-refractivity contribution in [2.75, 3.05) is 17.2 Å². The van der Waals surface area contributed by atoms with Crippen molar-refractivity contribution in [3.8, 4) is 0 Å². The third kappa shape index (κ3) is 1.73. The smallest absolute Gasteiger partial charge is 0.399 e. The summed E-state index contributed by atoms with van der Waals surface area (Å²) < 4.78 is 38.8. The molecule has 0 amide bonds. The van der Waals surface area contributed by atoms with Crippen molar-refractivity contribution >= 4 is 11.4 Å². The molecule has 0 spiro atoms. The lowest BCUT2D eigenvalue weighted by atomic mass is 10.1. The lowest BCUT2D eigenvalue weighted by Crippen LogP contribution is -2.25. The number of nitrogens with zero attached hydrogens (tertiary/aromatic N) is 1. The quantitative estimate of drug-likeness (QED) is 0.767. The summed E-state index contributed by atoms with van der Waals surface area (Å²) >= 11 is 0. The first kappa shape index (κ1) is 10.7. The summed E-state index contributed by atoms with van der Waals surface area (Å²) in [7, 11) is 0. The first-order valence-corrected chi connectivity index (χ1v) is 5.70. The predicted molar refractivity (Wildman–Crippen MR) is 59.7 cm³/mol. The van der Waals surface area contributed by atoms with Gasteiger partial charge in [0.25, 0.3) is 0 Å². The fourth-order valence-electron chi connectivity index (χ4n) is 2.72. The fourth-order valence-corrected chi connectivity index (χ4v) is 2.72. The van der Waals surface area contributed by atoms with Crippen molar-refractivity contribution in [1.29, 1.82) is 0 Å². The average molecular weight is 242 g/mol. The molecule has 5 heteroatoms. The Morgan fingerprint density at radius 2 is 2.06 bits per heavy atom. The highest BCUT2D eigenvalue weighted by molar-refractivity contribution is 5.62. The molecule has 1 heterocycles. The molecule has 2 N–H and O–H groups in total. The van der Waals surface area contributed by atoms with E-state index in [1.54, 1.807) is 6.07 Å². The maximum Gasteiger partial charge on any atom is 0.418 e. The molecular formula is C12H13F3N2. The van der Waals surface area contributed by atoms with Crippen LogP contribution in [0.25, 0.3) is 0 Å². The highest BCUT2D eigenvalue weighted by Crippen LogP contribution is 2.49. The second-order valence-electron chi connectivity index (χ2n) is 4.82. The standard InChI is InChI=1S/C12H13F3N2/c13-12(14,15)9-6-8(16)1-2-10(9)17-4-3-7-5-11(7)17/h1-2,6-7,11H,3-5,16H2. The second-order valence-corrected chi connectivity index (χ2v) is 4.82. The molecule has 1 aromatic rings. The molecule has 0 aromatic heterocycles. The van der Waals surface area contributed by atoms with Gasteiger partial charge in [0.2, 0.25) is 0 Å². The second kappa shape index (κ2) is 3.31. The summed E-state index contributed by atoms with van der Waals surface area (Å²) in [4.78, 5) is 1.88. The van der Waals surface area contributed by atoms with Gasteiger partial charge in [-0.1, -0.05) is 0 Å². The van der Waals surface area contributed by atoms with Crippen LogP contribution in [0.1, 0.15) is 18.4 Å². The van der Waals surface area contributed by atoms with E-state index in [4.69, 9.17) is 5.73 Å². The van der Waals surface area contributed by atoms with Crippen LogP contribution in [-0.4, -0.2) is 12.6 Å². The number of hydrogen-bond donors (Lipinski definition) is 1. The molecule has 2 atom stereocenters. The molecule has 1 aliphatic carbocycles. The molecule has 1 aromatic carbocycles. The summed E-state index contributed by atoms with van der Waals surface area (Å²) in [5, 5.41) is 0. The molecule has 1 aliphatic heterocycles. The maximum absolute atomic E-state index is 12.9. The minimum absolute atomic E-state index is 0.160. The first-order chi connectivity index (χ1) is 7.97. The van der Waals surface area contributed by atoms with Crippen molar-refractivity contribution in [2.24, 2.45) is 5.92 Å². The molecule has 2 fully saturated rings. The van der Waals surface area contributed by atoms with E-state index in [0.717, 1.165) is 25.5 Å². The fraction of sp³-hybridized carbons (Fsp3) is 0.500. The number of nitrogens with two attached hydrogens (primary N) is 1. The minimum atomic E-state index is -4.34. The van der Waals surface area contributed by atoms with Crippen LogP contribution < -0.4 is 10.6 Å². The molecule has 2 nitrogen and oxygen atoms in total. The molecule has 1 saturated heterocycles. The summed E-state index contributed by atoms with van der Waals surface area (Å²) in [6.07, 6.45) is -2.30. The van der Waals surface area contributed by atoms with Gasteiger partial charge in [0.05, 0.1) is 5.56 Å².